The number of urea groups is 1. The molecule has 4 nitrogen and oxygen atoms in total. The van der Waals surface area contributed by atoms with Crippen LogP contribution in [0.25, 0.3) is 0 Å². The van der Waals surface area contributed by atoms with Gasteiger partial charge in [0.15, 0.2) is 0 Å². The van der Waals surface area contributed by atoms with E-state index in [2.05, 4.69) is 11.9 Å². The minimum Gasteiger partial charge on any atom is -0.326 e. The van der Waals surface area contributed by atoms with E-state index in [9.17, 15) is 9.59 Å². The molecule has 1 fully saturated rings. The Labute approximate surface area is 71.2 Å². The molecule has 0 aromatic rings. The first kappa shape index (κ1) is 8.77. The summed E-state index contributed by atoms with van der Waals surface area (Å²) in [4.78, 5) is 23.6. The summed E-state index contributed by atoms with van der Waals surface area (Å²) < 4.78 is 0. The largest absolute Gasteiger partial charge is 0.326 e. The lowest BCUT2D eigenvalue weighted by molar-refractivity contribution is -0.127. The average Bonchev–Trinajstić information content (AvgIpc) is 2.26. The molecule has 0 radical (unpaired) electrons. The van der Waals surface area contributed by atoms with Gasteiger partial charge in [0.1, 0.15) is 6.04 Å². The van der Waals surface area contributed by atoms with Crippen molar-refractivity contribution < 1.29 is 9.59 Å². The lowest BCUT2D eigenvalue weighted by Crippen LogP contribution is -2.37. The minimum absolute atomic E-state index is 0.188. The summed E-state index contributed by atoms with van der Waals surface area (Å²) >= 11 is 0. The number of carbonyl (C=O) groups is 2. The molecular weight excluding hydrogens is 156 g/mol. The summed E-state index contributed by atoms with van der Waals surface area (Å²) in [5.41, 5.74) is 0. The number of nitrogens with one attached hydrogen (secondary N) is 1. The van der Waals surface area contributed by atoms with Crippen molar-refractivity contribution in [3.8, 4) is 0 Å². The molecule has 2 atom stereocenters. The van der Waals surface area contributed by atoms with Crippen LogP contribution in [0.1, 0.15) is 13.8 Å². The molecule has 1 heterocycles. The third-order valence-corrected chi connectivity index (χ3v) is 1.92. The number of amides is 3. The highest BCUT2D eigenvalue weighted by Gasteiger charge is 2.36. The van der Waals surface area contributed by atoms with Crippen molar-refractivity contribution in [3.05, 3.63) is 12.7 Å². The van der Waals surface area contributed by atoms with Crippen molar-refractivity contribution >= 4 is 11.9 Å². The predicted octanol–water partition coefficient (Wildman–Crippen LogP) is 0.501. The molecule has 1 N–H and O–H groups in total. The van der Waals surface area contributed by atoms with E-state index >= 15 is 0 Å². The zero-order valence-corrected chi connectivity index (χ0v) is 7.20. The van der Waals surface area contributed by atoms with E-state index in [1.807, 2.05) is 0 Å². The predicted molar refractivity (Wildman–Crippen MR) is 44.5 cm³/mol. The van der Waals surface area contributed by atoms with E-state index in [0.29, 0.717) is 0 Å². The summed E-state index contributed by atoms with van der Waals surface area (Å²) in [6.45, 7) is 6.94. The number of hydrogen-bond donors (Lipinski definition) is 1. The topological polar surface area (TPSA) is 49.4 Å². The molecule has 1 aliphatic rings. The van der Waals surface area contributed by atoms with Crippen LogP contribution in [0.2, 0.25) is 0 Å². The molecule has 4 heteroatoms. The second-order valence-electron chi connectivity index (χ2n) is 2.86. The monoisotopic (exact) mass is 168 g/mol. The summed E-state index contributed by atoms with van der Waals surface area (Å²) in [6.07, 6.45) is 1.56. The molecule has 0 bridgehead atoms. The Hall–Kier alpha value is -1.32. The Bertz CT molecular complexity index is 237. The maximum absolute atomic E-state index is 11.3. The van der Waals surface area contributed by atoms with Crippen LogP contribution in [0.3, 0.4) is 0 Å². The van der Waals surface area contributed by atoms with Gasteiger partial charge < -0.3 is 5.32 Å². The second kappa shape index (κ2) is 2.97. The fourth-order valence-electron chi connectivity index (χ4n) is 1.12. The number of carbonyl (C=O) groups excluding carboxylic acids is 2. The third kappa shape index (κ3) is 1.20. The summed E-state index contributed by atoms with van der Waals surface area (Å²) in [5, 5.41) is 2.52. The van der Waals surface area contributed by atoms with E-state index in [1.54, 1.807) is 19.9 Å². The molecule has 0 spiro atoms. The highest BCUT2D eigenvalue weighted by atomic mass is 16.2. The molecule has 0 aromatic heterocycles. The van der Waals surface area contributed by atoms with E-state index in [1.165, 1.54) is 4.90 Å². The maximum Gasteiger partial charge on any atom is 0.325 e. The van der Waals surface area contributed by atoms with E-state index < -0.39 is 6.04 Å². The third-order valence-electron chi connectivity index (χ3n) is 1.92. The van der Waals surface area contributed by atoms with Crippen LogP contribution in [0.5, 0.6) is 0 Å². The van der Waals surface area contributed by atoms with Crippen LogP contribution >= 0.6 is 0 Å². The molecule has 12 heavy (non-hydrogen) atoms. The molecule has 2 unspecified atom stereocenters. The lowest BCUT2D eigenvalue weighted by atomic mass is 10.2. The Morgan fingerprint density at radius 1 is 1.67 bits per heavy atom. The van der Waals surface area contributed by atoms with Gasteiger partial charge in [0, 0.05) is 0 Å². The van der Waals surface area contributed by atoms with Gasteiger partial charge in [0.05, 0.1) is 6.04 Å². The molecule has 1 saturated heterocycles. The van der Waals surface area contributed by atoms with Crippen molar-refractivity contribution in [2.24, 2.45) is 0 Å². The molecule has 0 aliphatic carbocycles. The van der Waals surface area contributed by atoms with Crippen molar-refractivity contribution in [3.63, 3.8) is 0 Å². The summed E-state index contributed by atoms with van der Waals surface area (Å²) in [5.74, 6) is -0.188. The smallest absolute Gasteiger partial charge is 0.325 e. The van der Waals surface area contributed by atoms with Gasteiger partial charge >= 0.3 is 6.03 Å². The van der Waals surface area contributed by atoms with Crippen molar-refractivity contribution in [1.82, 2.24) is 10.2 Å². The van der Waals surface area contributed by atoms with E-state index in [-0.39, 0.29) is 18.0 Å². The number of rotatable bonds is 2. The van der Waals surface area contributed by atoms with E-state index in [4.69, 9.17) is 0 Å². The fourth-order valence-corrected chi connectivity index (χ4v) is 1.12. The highest BCUT2D eigenvalue weighted by Crippen LogP contribution is 2.10. The summed E-state index contributed by atoms with van der Waals surface area (Å²) in [6, 6.07) is -0.970. The molecule has 3 amide bonds. The first-order chi connectivity index (χ1) is 5.57. The lowest BCUT2D eigenvalue weighted by Gasteiger charge is -2.17. The van der Waals surface area contributed by atoms with Gasteiger partial charge in [0.25, 0.3) is 5.91 Å². The van der Waals surface area contributed by atoms with Gasteiger partial charge in [-0.2, -0.15) is 0 Å². The standard InChI is InChI=1S/C8H12N2O2/c1-4-5(2)10-7(11)6(3)9-8(10)12/h4-6H,1H2,2-3H3,(H,9,12). The van der Waals surface area contributed by atoms with Crippen LogP contribution in [-0.4, -0.2) is 28.9 Å². The van der Waals surface area contributed by atoms with Crippen LogP contribution < -0.4 is 5.32 Å². The Morgan fingerprint density at radius 3 is 2.58 bits per heavy atom. The first-order valence-electron chi connectivity index (χ1n) is 3.84. The quantitative estimate of drug-likeness (QED) is 0.482. The normalized spacial score (nSPS) is 25.5. The highest BCUT2D eigenvalue weighted by molar-refractivity contribution is 6.04. The van der Waals surface area contributed by atoms with Gasteiger partial charge in [-0.15, -0.1) is 6.58 Å². The van der Waals surface area contributed by atoms with Crippen molar-refractivity contribution in [2.45, 2.75) is 25.9 Å². The first-order valence-corrected chi connectivity index (χ1v) is 3.84. The van der Waals surface area contributed by atoms with Crippen LogP contribution in [0.4, 0.5) is 4.79 Å². The van der Waals surface area contributed by atoms with Crippen LogP contribution in [0.15, 0.2) is 12.7 Å². The number of imide groups is 1. The molecule has 1 aliphatic heterocycles. The fraction of sp³-hybridized carbons (Fsp3) is 0.500. The zero-order valence-electron chi connectivity index (χ0n) is 7.20. The molecule has 66 valence electrons. The second-order valence-corrected chi connectivity index (χ2v) is 2.86. The summed E-state index contributed by atoms with van der Waals surface area (Å²) in [7, 11) is 0. The van der Waals surface area contributed by atoms with Gasteiger partial charge in [-0.05, 0) is 13.8 Å². The molecular formula is C8H12N2O2. The molecule has 1 rings (SSSR count). The average molecular weight is 168 g/mol. The van der Waals surface area contributed by atoms with Crippen LogP contribution in [0, 0.1) is 0 Å². The van der Waals surface area contributed by atoms with Crippen molar-refractivity contribution in [1.29, 1.82) is 0 Å². The van der Waals surface area contributed by atoms with Crippen LogP contribution in [-0.2, 0) is 4.79 Å². The number of hydrogen-bond acceptors (Lipinski definition) is 2. The zero-order chi connectivity index (χ0) is 9.30. The Morgan fingerprint density at radius 2 is 2.25 bits per heavy atom. The minimum atomic E-state index is -0.403. The van der Waals surface area contributed by atoms with Gasteiger partial charge in [-0.3, -0.25) is 9.69 Å². The maximum atomic E-state index is 11.3. The Kier molecular flexibility index (Phi) is 2.17. The van der Waals surface area contributed by atoms with E-state index in [0.717, 1.165) is 0 Å². The molecule has 0 saturated carbocycles. The van der Waals surface area contributed by atoms with Gasteiger partial charge in [-0.1, -0.05) is 6.08 Å². The number of nitrogens with zero attached hydrogens (tertiary/aromatic N) is 1. The van der Waals surface area contributed by atoms with Gasteiger partial charge in [0.2, 0.25) is 0 Å². The van der Waals surface area contributed by atoms with Crippen molar-refractivity contribution in [2.75, 3.05) is 0 Å². The molecule has 0 aromatic carbocycles. The SMILES string of the molecule is C=CC(C)N1C(=O)NC(C)C1=O. The Balaban J connectivity index is 2.83. The van der Waals surface area contributed by atoms with Gasteiger partial charge in [-0.25, -0.2) is 4.79 Å².